The maximum atomic E-state index is 11.6. The SMILES string of the molecule is CNCCN1CC(=O)NCCc2ccccc21. The highest BCUT2D eigenvalue weighted by Gasteiger charge is 2.16. The molecule has 17 heavy (non-hydrogen) atoms. The molecule has 0 saturated carbocycles. The number of amides is 1. The predicted octanol–water partition coefficient (Wildman–Crippen LogP) is 0.385. The van der Waals surface area contributed by atoms with Crippen molar-refractivity contribution in [1.82, 2.24) is 10.6 Å². The minimum Gasteiger partial charge on any atom is -0.361 e. The Morgan fingerprint density at radius 1 is 1.41 bits per heavy atom. The maximum absolute atomic E-state index is 11.6. The lowest BCUT2D eigenvalue weighted by Crippen LogP contribution is -2.42. The second-order valence-electron chi connectivity index (χ2n) is 4.25. The summed E-state index contributed by atoms with van der Waals surface area (Å²) in [5.41, 5.74) is 2.50. The van der Waals surface area contributed by atoms with E-state index < -0.39 is 0 Å². The Morgan fingerprint density at radius 3 is 3.06 bits per heavy atom. The number of benzene rings is 1. The summed E-state index contributed by atoms with van der Waals surface area (Å²) in [5.74, 6) is 0.107. The van der Waals surface area contributed by atoms with Crippen molar-refractivity contribution < 1.29 is 4.79 Å². The Morgan fingerprint density at radius 2 is 2.24 bits per heavy atom. The van der Waals surface area contributed by atoms with Crippen LogP contribution in [0.2, 0.25) is 0 Å². The van der Waals surface area contributed by atoms with E-state index in [1.165, 1.54) is 11.3 Å². The van der Waals surface area contributed by atoms with E-state index in [1.807, 2.05) is 13.1 Å². The van der Waals surface area contributed by atoms with E-state index in [2.05, 4.69) is 33.7 Å². The summed E-state index contributed by atoms with van der Waals surface area (Å²) < 4.78 is 0. The van der Waals surface area contributed by atoms with Crippen LogP contribution in [0.5, 0.6) is 0 Å². The Kier molecular flexibility index (Phi) is 3.98. The third-order valence-electron chi connectivity index (χ3n) is 3.01. The van der Waals surface area contributed by atoms with E-state index in [0.717, 1.165) is 26.1 Å². The number of nitrogens with one attached hydrogen (secondary N) is 2. The molecule has 0 atom stereocenters. The van der Waals surface area contributed by atoms with Crippen molar-refractivity contribution in [2.45, 2.75) is 6.42 Å². The minimum absolute atomic E-state index is 0.107. The molecule has 4 heteroatoms. The van der Waals surface area contributed by atoms with Gasteiger partial charge in [-0.05, 0) is 25.1 Å². The number of carbonyl (C=O) groups excluding carboxylic acids is 1. The number of carbonyl (C=O) groups is 1. The molecule has 2 rings (SSSR count). The number of hydrogen-bond acceptors (Lipinski definition) is 3. The van der Waals surface area contributed by atoms with E-state index in [1.54, 1.807) is 0 Å². The predicted molar refractivity (Wildman–Crippen MR) is 69.3 cm³/mol. The van der Waals surface area contributed by atoms with E-state index in [-0.39, 0.29) is 5.91 Å². The van der Waals surface area contributed by atoms with Crippen LogP contribution in [0.25, 0.3) is 0 Å². The molecule has 1 aromatic rings. The molecule has 0 bridgehead atoms. The lowest BCUT2D eigenvalue weighted by Gasteiger charge is -2.28. The molecule has 0 aromatic heterocycles. The highest BCUT2D eigenvalue weighted by molar-refractivity contribution is 5.82. The normalized spacial score (nSPS) is 15.8. The van der Waals surface area contributed by atoms with Crippen molar-refractivity contribution in [3.8, 4) is 0 Å². The Labute approximate surface area is 102 Å². The summed E-state index contributed by atoms with van der Waals surface area (Å²) in [4.78, 5) is 13.8. The van der Waals surface area contributed by atoms with Crippen LogP contribution in [0.1, 0.15) is 5.56 Å². The van der Waals surface area contributed by atoms with Gasteiger partial charge >= 0.3 is 0 Å². The number of para-hydroxylation sites is 1. The first-order chi connectivity index (χ1) is 8.31. The molecule has 1 heterocycles. The van der Waals surface area contributed by atoms with Gasteiger partial charge in [0.15, 0.2) is 0 Å². The topological polar surface area (TPSA) is 44.4 Å². The van der Waals surface area contributed by atoms with Crippen molar-refractivity contribution >= 4 is 11.6 Å². The van der Waals surface area contributed by atoms with Crippen LogP contribution in [0, 0.1) is 0 Å². The maximum Gasteiger partial charge on any atom is 0.239 e. The lowest BCUT2D eigenvalue weighted by molar-refractivity contribution is -0.119. The van der Waals surface area contributed by atoms with E-state index >= 15 is 0 Å². The van der Waals surface area contributed by atoms with Gasteiger partial charge in [-0.1, -0.05) is 18.2 Å². The Bertz CT molecular complexity index is 392. The number of fused-ring (bicyclic) bond motifs is 1. The summed E-state index contributed by atoms with van der Waals surface area (Å²) >= 11 is 0. The fourth-order valence-electron chi connectivity index (χ4n) is 2.13. The number of nitrogens with zero attached hydrogens (tertiary/aromatic N) is 1. The van der Waals surface area contributed by atoms with Crippen molar-refractivity contribution in [3.63, 3.8) is 0 Å². The van der Waals surface area contributed by atoms with Crippen LogP contribution in [-0.2, 0) is 11.2 Å². The molecule has 1 aliphatic rings. The summed E-state index contributed by atoms with van der Waals surface area (Å²) in [6, 6.07) is 8.33. The third kappa shape index (κ3) is 2.97. The number of likely N-dealkylation sites (N-methyl/N-ethyl adjacent to an activating group) is 1. The van der Waals surface area contributed by atoms with E-state index in [4.69, 9.17) is 0 Å². The molecule has 0 fully saturated rings. The molecule has 0 radical (unpaired) electrons. The molecule has 0 unspecified atom stereocenters. The molecule has 0 spiro atoms. The molecule has 0 aliphatic carbocycles. The first-order valence-corrected chi connectivity index (χ1v) is 6.05. The zero-order valence-corrected chi connectivity index (χ0v) is 10.2. The van der Waals surface area contributed by atoms with E-state index in [0.29, 0.717) is 6.54 Å². The minimum atomic E-state index is 0.107. The summed E-state index contributed by atoms with van der Waals surface area (Å²) in [5, 5.41) is 6.05. The molecule has 1 aliphatic heterocycles. The summed E-state index contributed by atoms with van der Waals surface area (Å²) in [7, 11) is 1.93. The highest BCUT2D eigenvalue weighted by Crippen LogP contribution is 2.21. The molecular weight excluding hydrogens is 214 g/mol. The van der Waals surface area contributed by atoms with Gasteiger partial charge in [-0.15, -0.1) is 0 Å². The van der Waals surface area contributed by atoms with Crippen molar-refractivity contribution in [2.75, 3.05) is 38.1 Å². The van der Waals surface area contributed by atoms with Crippen LogP contribution in [0.15, 0.2) is 24.3 Å². The lowest BCUT2D eigenvalue weighted by atomic mass is 10.1. The summed E-state index contributed by atoms with van der Waals surface area (Å²) in [6.07, 6.45) is 0.901. The van der Waals surface area contributed by atoms with Gasteiger partial charge in [-0.3, -0.25) is 4.79 Å². The van der Waals surface area contributed by atoms with Gasteiger partial charge in [0.05, 0.1) is 6.54 Å². The molecule has 4 nitrogen and oxygen atoms in total. The quantitative estimate of drug-likeness (QED) is 0.793. The molecule has 92 valence electrons. The van der Waals surface area contributed by atoms with Gasteiger partial charge < -0.3 is 15.5 Å². The molecule has 1 amide bonds. The molecule has 0 saturated heterocycles. The van der Waals surface area contributed by atoms with Gasteiger partial charge in [0.2, 0.25) is 5.91 Å². The fourth-order valence-corrected chi connectivity index (χ4v) is 2.13. The number of anilines is 1. The number of hydrogen-bond donors (Lipinski definition) is 2. The molecule has 2 N–H and O–H groups in total. The smallest absolute Gasteiger partial charge is 0.239 e. The van der Waals surface area contributed by atoms with Crippen LogP contribution in [-0.4, -0.2) is 39.1 Å². The fraction of sp³-hybridized carbons (Fsp3) is 0.462. The standard InChI is InChI=1S/C13H19N3O/c1-14-8-9-16-10-13(17)15-7-6-11-4-2-3-5-12(11)16/h2-5,14H,6-10H2,1H3,(H,15,17). The zero-order valence-electron chi connectivity index (χ0n) is 10.2. The average molecular weight is 233 g/mol. The first-order valence-electron chi connectivity index (χ1n) is 6.05. The van der Waals surface area contributed by atoms with Gasteiger partial charge in [0.25, 0.3) is 0 Å². The average Bonchev–Trinajstić information content (AvgIpc) is 2.33. The van der Waals surface area contributed by atoms with Crippen LogP contribution >= 0.6 is 0 Å². The van der Waals surface area contributed by atoms with Gasteiger partial charge in [-0.2, -0.15) is 0 Å². The highest BCUT2D eigenvalue weighted by atomic mass is 16.2. The third-order valence-corrected chi connectivity index (χ3v) is 3.01. The zero-order chi connectivity index (χ0) is 12.1. The number of rotatable bonds is 3. The second kappa shape index (κ2) is 5.68. The first kappa shape index (κ1) is 11.9. The Hall–Kier alpha value is -1.55. The van der Waals surface area contributed by atoms with Crippen LogP contribution in [0.3, 0.4) is 0 Å². The second-order valence-corrected chi connectivity index (χ2v) is 4.25. The molecule has 1 aromatic carbocycles. The van der Waals surface area contributed by atoms with Gasteiger partial charge in [0.1, 0.15) is 0 Å². The monoisotopic (exact) mass is 233 g/mol. The van der Waals surface area contributed by atoms with Gasteiger partial charge in [0, 0.05) is 25.3 Å². The van der Waals surface area contributed by atoms with Crippen molar-refractivity contribution in [2.24, 2.45) is 0 Å². The van der Waals surface area contributed by atoms with Crippen LogP contribution in [0.4, 0.5) is 5.69 Å². The molecular formula is C13H19N3O. The van der Waals surface area contributed by atoms with E-state index in [9.17, 15) is 4.79 Å². The van der Waals surface area contributed by atoms with Crippen LogP contribution < -0.4 is 15.5 Å². The Balaban J connectivity index is 2.24. The summed E-state index contributed by atoms with van der Waals surface area (Å²) in [6.45, 7) is 2.90. The largest absolute Gasteiger partial charge is 0.361 e. The van der Waals surface area contributed by atoms with Crippen molar-refractivity contribution in [3.05, 3.63) is 29.8 Å². The van der Waals surface area contributed by atoms with Gasteiger partial charge in [-0.25, -0.2) is 0 Å². The van der Waals surface area contributed by atoms with Crippen molar-refractivity contribution in [1.29, 1.82) is 0 Å².